The van der Waals surface area contributed by atoms with Crippen LogP contribution in [0.15, 0.2) is 42.5 Å². The number of benzene rings is 2. The molecule has 0 heterocycles. The molecule has 0 spiro atoms. The minimum absolute atomic E-state index is 0.0102. The van der Waals surface area contributed by atoms with Gasteiger partial charge in [0.1, 0.15) is 11.3 Å². The predicted molar refractivity (Wildman–Crippen MR) is 84.5 cm³/mol. The average Bonchev–Trinajstić information content (AvgIpc) is 2.59. The lowest BCUT2D eigenvalue weighted by molar-refractivity contribution is 0.0681. The van der Waals surface area contributed by atoms with Gasteiger partial charge in [-0.3, -0.25) is 4.79 Å². The number of rotatable bonds is 6. The van der Waals surface area contributed by atoms with E-state index in [1.807, 2.05) is 0 Å². The molecule has 124 valence electrons. The van der Waals surface area contributed by atoms with E-state index >= 15 is 0 Å². The Morgan fingerprint density at radius 2 is 1.67 bits per heavy atom. The van der Waals surface area contributed by atoms with Crippen molar-refractivity contribution in [3.8, 4) is 5.75 Å². The summed E-state index contributed by atoms with van der Waals surface area (Å²) in [5.41, 5.74) is 0.613. The standard InChI is InChI=1S/C17H15NO6/c1-24-13-4-2-3-12(14(13)17(22)23)15(19)18-9-10-5-7-11(8-6-10)16(20)21/h2-8H,9H2,1H3,(H,18,19)(H,20,21)(H,22,23). The highest BCUT2D eigenvalue weighted by molar-refractivity contribution is 6.06. The molecule has 0 aliphatic carbocycles. The molecule has 7 nitrogen and oxygen atoms in total. The van der Waals surface area contributed by atoms with Crippen molar-refractivity contribution in [3.63, 3.8) is 0 Å². The van der Waals surface area contributed by atoms with Gasteiger partial charge in [-0.05, 0) is 29.8 Å². The smallest absolute Gasteiger partial charge is 0.340 e. The highest BCUT2D eigenvalue weighted by atomic mass is 16.5. The molecule has 7 heteroatoms. The van der Waals surface area contributed by atoms with Gasteiger partial charge < -0.3 is 20.3 Å². The van der Waals surface area contributed by atoms with Gasteiger partial charge >= 0.3 is 11.9 Å². The van der Waals surface area contributed by atoms with Gasteiger partial charge in [0, 0.05) is 6.54 Å². The number of aromatic carboxylic acids is 2. The number of carboxylic acids is 2. The van der Waals surface area contributed by atoms with Gasteiger partial charge in [0.2, 0.25) is 0 Å². The summed E-state index contributed by atoms with van der Waals surface area (Å²) in [6.45, 7) is 0.134. The Balaban J connectivity index is 2.15. The molecule has 24 heavy (non-hydrogen) atoms. The van der Waals surface area contributed by atoms with E-state index in [0.29, 0.717) is 5.56 Å². The van der Waals surface area contributed by atoms with Crippen molar-refractivity contribution in [2.45, 2.75) is 6.54 Å². The van der Waals surface area contributed by atoms with E-state index in [4.69, 9.17) is 9.84 Å². The van der Waals surface area contributed by atoms with Gasteiger partial charge in [-0.25, -0.2) is 9.59 Å². The number of hydrogen-bond donors (Lipinski definition) is 3. The lowest BCUT2D eigenvalue weighted by atomic mass is 10.1. The molecule has 0 bridgehead atoms. The van der Waals surface area contributed by atoms with Crippen LogP contribution < -0.4 is 10.1 Å². The van der Waals surface area contributed by atoms with Crippen molar-refractivity contribution in [3.05, 3.63) is 64.7 Å². The second-order valence-corrected chi connectivity index (χ2v) is 4.87. The number of nitrogens with one attached hydrogen (secondary N) is 1. The molecule has 0 saturated carbocycles. The lowest BCUT2D eigenvalue weighted by Gasteiger charge is -2.11. The summed E-state index contributed by atoms with van der Waals surface area (Å²) < 4.78 is 4.98. The van der Waals surface area contributed by atoms with Crippen molar-refractivity contribution >= 4 is 17.8 Å². The van der Waals surface area contributed by atoms with E-state index in [-0.39, 0.29) is 29.0 Å². The Morgan fingerprint density at radius 1 is 1.00 bits per heavy atom. The van der Waals surface area contributed by atoms with Crippen LogP contribution in [0.3, 0.4) is 0 Å². The first-order valence-electron chi connectivity index (χ1n) is 6.94. The first-order chi connectivity index (χ1) is 11.4. The molecule has 0 fully saturated rings. The third-order valence-electron chi connectivity index (χ3n) is 3.36. The molecule has 3 N–H and O–H groups in total. The number of carboxylic acid groups (broad SMARTS) is 2. The third kappa shape index (κ3) is 3.70. The first kappa shape index (κ1) is 17.0. The zero-order chi connectivity index (χ0) is 17.7. The highest BCUT2D eigenvalue weighted by Crippen LogP contribution is 2.22. The Labute approximate surface area is 137 Å². The maximum atomic E-state index is 12.3. The zero-order valence-electron chi connectivity index (χ0n) is 12.8. The fourth-order valence-electron chi connectivity index (χ4n) is 2.15. The van der Waals surface area contributed by atoms with E-state index in [9.17, 15) is 19.5 Å². The second kappa shape index (κ2) is 7.28. The minimum Gasteiger partial charge on any atom is -0.496 e. The van der Waals surface area contributed by atoms with Crippen LogP contribution in [-0.2, 0) is 6.54 Å². The number of methoxy groups -OCH3 is 1. The van der Waals surface area contributed by atoms with E-state index in [0.717, 1.165) is 0 Å². The Hall–Kier alpha value is -3.35. The Kier molecular flexibility index (Phi) is 5.16. The molecule has 0 radical (unpaired) electrons. The first-order valence-corrected chi connectivity index (χ1v) is 6.94. The minimum atomic E-state index is -1.26. The van der Waals surface area contributed by atoms with Crippen LogP contribution in [0, 0.1) is 0 Å². The summed E-state index contributed by atoms with van der Waals surface area (Å²) in [6, 6.07) is 10.4. The third-order valence-corrected chi connectivity index (χ3v) is 3.36. The molecule has 2 aromatic rings. The number of ether oxygens (including phenoxy) is 1. The maximum Gasteiger partial charge on any atom is 0.340 e. The lowest BCUT2D eigenvalue weighted by Crippen LogP contribution is -2.25. The van der Waals surface area contributed by atoms with E-state index in [1.54, 1.807) is 12.1 Å². The summed E-state index contributed by atoms with van der Waals surface area (Å²) in [5.74, 6) is -2.76. The fraction of sp³-hybridized carbons (Fsp3) is 0.118. The molecule has 0 aliphatic rings. The highest BCUT2D eigenvalue weighted by Gasteiger charge is 2.20. The quantitative estimate of drug-likeness (QED) is 0.747. The number of hydrogen-bond acceptors (Lipinski definition) is 4. The number of amides is 1. The van der Waals surface area contributed by atoms with Crippen LogP contribution in [0.4, 0.5) is 0 Å². The summed E-state index contributed by atoms with van der Waals surface area (Å²) in [5, 5.41) is 20.7. The van der Waals surface area contributed by atoms with Gasteiger partial charge in [0.25, 0.3) is 5.91 Å². The molecule has 0 aliphatic heterocycles. The van der Waals surface area contributed by atoms with E-state index in [2.05, 4.69) is 5.32 Å². The van der Waals surface area contributed by atoms with Crippen LogP contribution in [0.1, 0.15) is 36.6 Å². The number of carbonyl (C=O) groups is 3. The second-order valence-electron chi connectivity index (χ2n) is 4.87. The van der Waals surface area contributed by atoms with Gasteiger partial charge in [-0.1, -0.05) is 18.2 Å². The van der Waals surface area contributed by atoms with Crippen molar-refractivity contribution in [1.29, 1.82) is 0 Å². The average molecular weight is 329 g/mol. The molecule has 0 saturated heterocycles. The van der Waals surface area contributed by atoms with Crippen LogP contribution in [-0.4, -0.2) is 35.2 Å². The molecule has 0 atom stereocenters. The summed E-state index contributed by atoms with van der Waals surface area (Å²) in [4.78, 5) is 34.4. The molecule has 2 aromatic carbocycles. The normalized spacial score (nSPS) is 10.0. The maximum absolute atomic E-state index is 12.3. The largest absolute Gasteiger partial charge is 0.496 e. The van der Waals surface area contributed by atoms with Crippen molar-refractivity contribution in [2.75, 3.05) is 7.11 Å². The van der Waals surface area contributed by atoms with Crippen LogP contribution in [0.5, 0.6) is 5.75 Å². The zero-order valence-corrected chi connectivity index (χ0v) is 12.8. The number of carbonyl (C=O) groups excluding carboxylic acids is 1. The summed E-state index contributed by atoms with van der Waals surface area (Å²) in [7, 11) is 1.33. The van der Waals surface area contributed by atoms with Crippen LogP contribution >= 0.6 is 0 Å². The van der Waals surface area contributed by atoms with Crippen molar-refractivity contribution in [2.24, 2.45) is 0 Å². The molecule has 0 aromatic heterocycles. The van der Waals surface area contributed by atoms with Crippen molar-refractivity contribution in [1.82, 2.24) is 5.32 Å². The van der Waals surface area contributed by atoms with E-state index in [1.165, 1.54) is 37.4 Å². The van der Waals surface area contributed by atoms with Crippen LogP contribution in [0.2, 0.25) is 0 Å². The van der Waals surface area contributed by atoms with Crippen molar-refractivity contribution < 1.29 is 29.3 Å². The Bertz CT molecular complexity index is 782. The summed E-state index contributed by atoms with van der Waals surface area (Å²) in [6.07, 6.45) is 0. The monoisotopic (exact) mass is 329 g/mol. The van der Waals surface area contributed by atoms with Gasteiger partial charge in [0.05, 0.1) is 18.2 Å². The molecule has 1 amide bonds. The molecular weight excluding hydrogens is 314 g/mol. The van der Waals surface area contributed by atoms with Crippen LogP contribution in [0.25, 0.3) is 0 Å². The molecule has 2 rings (SSSR count). The van der Waals surface area contributed by atoms with Gasteiger partial charge in [-0.2, -0.15) is 0 Å². The van der Waals surface area contributed by atoms with Gasteiger partial charge in [-0.15, -0.1) is 0 Å². The predicted octanol–water partition coefficient (Wildman–Crippen LogP) is 2.02. The SMILES string of the molecule is COc1cccc(C(=O)NCc2ccc(C(=O)O)cc2)c1C(=O)O. The molecular formula is C17H15NO6. The summed E-state index contributed by atoms with van der Waals surface area (Å²) >= 11 is 0. The van der Waals surface area contributed by atoms with Gasteiger partial charge in [0.15, 0.2) is 0 Å². The molecule has 0 unspecified atom stereocenters. The fourth-order valence-corrected chi connectivity index (χ4v) is 2.15. The van der Waals surface area contributed by atoms with E-state index < -0.39 is 17.8 Å². The topological polar surface area (TPSA) is 113 Å². The Morgan fingerprint density at radius 3 is 2.21 bits per heavy atom.